The second-order valence-electron chi connectivity index (χ2n) is 6.33. The predicted octanol–water partition coefficient (Wildman–Crippen LogP) is 1.94. The summed E-state index contributed by atoms with van der Waals surface area (Å²) in [6.07, 6.45) is 4.46. The third-order valence-corrected chi connectivity index (χ3v) is 6.77. The van der Waals surface area contributed by atoms with E-state index in [1.54, 1.807) is 10.4 Å². The molecule has 2 unspecified atom stereocenters. The molecule has 1 saturated heterocycles. The van der Waals surface area contributed by atoms with Crippen LogP contribution in [0.2, 0.25) is 0 Å². The second kappa shape index (κ2) is 5.71. The summed E-state index contributed by atoms with van der Waals surface area (Å²) in [4.78, 5) is 0.462. The first-order valence-electron chi connectivity index (χ1n) is 7.86. The van der Waals surface area contributed by atoms with Crippen LogP contribution in [0, 0.1) is 0 Å². The molecule has 1 fully saturated rings. The van der Waals surface area contributed by atoms with Gasteiger partial charge in [0, 0.05) is 25.2 Å². The van der Waals surface area contributed by atoms with Gasteiger partial charge in [-0.3, -0.25) is 0 Å². The van der Waals surface area contributed by atoms with Gasteiger partial charge in [-0.05, 0) is 62.8 Å². The molecular formula is C16H24N2O2S. The summed E-state index contributed by atoms with van der Waals surface area (Å²) in [5.74, 6) is 0. The van der Waals surface area contributed by atoms with Crippen molar-refractivity contribution in [1.82, 2.24) is 9.62 Å². The fourth-order valence-electron chi connectivity index (χ4n) is 3.58. The fraction of sp³-hybridized carbons (Fsp3) is 0.625. The van der Waals surface area contributed by atoms with Crippen LogP contribution in [-0.4, -0.2) is 37.9 Å². The van der Waals surface area contributed by atoms with Crippen molar-refractivity contribution in [3.05, 3.63) is 29.3 Å². The van der Waals surface area contributed by atoms with Crippen molar-refractivity contribution in [2.45, 2.75) is 56.5 Å². The van der Waals surface area contributed by atoms with Crippen molar-refractivity contribution in [2.24, 2.45) is 0 Å². The highest BCUT2D eigenvalue weighted by molar-refractivity contribution is 7.89. The lowest BCUT2D eigenvalue weighted by atomic mass is 9.92. The van der Waals surface area contributed by atoms with Crippen LogP contribution in [0.4, 0.5) is 0 Å². The number of nitrogens with zero attached hydrogens (tertiary/aromatic N) is 1. The molecule has 0 bridgehead atoms. The summed E-state index contributed by atoms with van der Waals surface area (Å²) in [6.45, 7) is 5.38. The molecule has 1 aliphatic heterocycles. The van der Waals surface area contributed by atoms with Crippen LogP contribution < -0.4 is 5.32 Å². The van der Waals surface area contributed by atoms with Gasteiger partial charge in [-0.1, -0.05) is 6.07 Å². The average molecular weight is 308 g/mol. The van der Waals surface area contributed by atoms with Gasteiger partial charge in [-0.15, -0.1) is 0 Å². The highest BCUT2D eigenvalue weighted by Crippen LogP contribution is 2.28. The number of hydrogen-bond acceptors (Lipinski definition) is 3. The SMILES string of the molecule is CC1CNCC(C)N1S(=O)(=O)c1ccc2c(c1)CCCC2. The minimum absolute atomic E-state index is 0.00483. The van der Waals surface area contributed by atoms with Crippen LogP contribution >= 0.6 is 0 Å². The van der Waals surface area contributed by atoms with E-state index < -0.39 is 10.0 Å². The van der Waals surface area contributed by atoms with Gasteiger partial charge in [0.1, 0.15) is 0 Å². The summed E-state index contributed by atoms with van der Waals surface area (Å²) in [5, 5.41) is 3.28. The van der Waals surface area contributed by atoms with E-state index in [1.165, 1.54) is 17.5 Å². The van der Waals surface area contributed by atoms with Gasteiger partial charge in [-0.25, -0.2) is 8.42 Å². The number of fused-ring (bicyclic) bond motifs is 1. The summed E-state index contributed by atoms with van der Waals surface area (Å²) in [6, 6.07) is 5.70. The van der Waals surface area contributed by atoms with E-state index in [0.717, 1.165) is 19.3 Å². The van der Waals surface area contributed by atoms with Crippen LogP contribution in [0.1, 0.15) is 37.8 Å². The maximum Gasteiger partial charge on any atom is 0.243 e. The van der Waals surface area contributed by atoms with E-state index in [4.69, 9.17) is 0 Å². The molecule has 5 heteroatoms. The molecule has 1 heterocycles. The first-order chi connectivity index (χ1) is 10.00. The first kappa shape index (κ1) is 15.0. The van der Waals surface area contributed by atoms with Gasteiger partial charge in [0.25, 0.3) is 0 Å². The zero-order valence-electron chi connectivity index (χ0n) is 12.8. The zero-order valence-corrected chi connectivity index (χ0v) is 13.6. The predicted molar refractivity (Wildman–Crippen MR) is 83.9 cm³/mol. The van der Waals surface area contributed by atoms with Gasteiger partial charge >= 0.3 is 0 Å². The van der Waals surface area contributed by atoms with Crippen LogP contribution in [-0.2, 0) is 22.9 Å². The molecule has 1 N–H and O–H groups in total. The van der Waals surface area contributed by atoms with Crippen LogP contribution in [0.3, 0.4) is 0 Å². The minimum Gasteiger partial charge on any atom is -0.314 e. The molecule has 2 atom stereocenters. The molecule has 1 aromatic rings. The Morgan fingerprint density at radius 2 is 1.67 bits per heavy atom. The summed E-state index contributed by atoms with van der Waals surface area (Å²) < 4.78 is 27.7. The molecule has 1 aliphatic carbocycles. The van der Waals surface area contributed by atoms with E-state index in [9.17, 15) is 8.42 Å². The van der Waals surface area contributed by atoms with E-state index in [0.29, 0.717) is 18.0 Å². The molecule has 0 amide bonds. The summed E-state index contributed by atoms with van der Waals surface area (Å²) in [7, 11) is -3.40. The Bertz CT molecular complexity index is 617. The van der Waals surface area contributed by atoms with Crippen molar-refractivity contribution in [3.8, 4) is 0 Å². The summed E-state index contributed by atoms with van der Waals surface area (Å²) in [5.41, 5.74) is 2.54. The number of hydrogen-bond donors (Lipinski definition) is 1. The van der Waals surface area contributed by atoms with Gasteiger partial charge in [0.15, 0.2) is 0 Å². The molecule has 21 heavy (non-hydrogen) atoms. The van der Waals surface area contributed by atoms with E-state index >= 15 is 0 Å². The molecule has 1 aromatic carbocycles. The van der Waals surface area contributed by atoms with Crippen molar-refractivity contribution in [3.63, 3.8) is 0 Å². The Kier molecular flexibility index (Phi) is 4.08. The topological polar surface area (TPSA) is 49.4 Å². The lowest BCUT2D eigenvalue weighted by Gasteiger charge is -2.38. The zero-order chi connectivity index (χ0) is 15.0. The highest BCUT2D eigenvalue weighted by atomic mass is 32.2. The molecule has 3 rings (SSSR count). The molecule has 4 nitrogen and oxygen atoms in total. The monoisotopic (exact) mass is 308 g/mol. The van der Waals surface area contributed by atoms with E-state index in [2.05, 4.69) is 5.32 Å². The Morgan fingerprint density at radius 1 is 1.05 bits per heavy atom. The minimum atomic E-state index is -3.40. The van der Waals surface area contributed by atoms with Crippen molar-refractivity contribution < 1.29 is 8.42 Å². The van der Waals surface area contributed by atoms with Gasteiger partial charge in [0.2, 0.25) is 10.0 Å². The Hall–Kier alpha value is -0.910. The van der Waals surface area contributed by atoms with Crippen molar-refractivity contribution in [2.75, 3.05) is 13.1 Å². The first-order valence-corrected chi connectivity index (χ1v) is 9.30. The highest BCUT2D eigenvalue weighted by Gasteiger charge is 2.35. The maximum absolute atomic E-state index is 13.0. The van der Waals surface area contributed by atoms with E-state index in [1.807, 2.05) is 26.0 Å². The molecule has 0 saturated carbocycles. The van der Waals surface area contributed by atoms with Gasteiger partial charge < -0.3 is 5.32 Å². The lowest BCUT2D eigenvalue weighted by Crippen LogP contribution is -2.57. The Labute approximate surface area is 127 Å². The van der Waals surface area contributed by atoms with Gasteiger partial charge in [0.05, 0.1) is 4.90 Å². The summed E-state index contributed by atoms with van der Waals surface area (Å²) >= 11 is 0. The molecule has 0 spiro atoms. The third-order valence-electron chi connectivity index (χ3n) is 4.64. The second-order valence-corrected chi connectivity index (χ2v) is 8.17. The Morgan fingerprint density at radius 3 is 2.33 bits per heavy atom. The maximum atomic E-state index is 13.0. The molecule has 2 aliphatic rings. The van der Waals surface area contributed by atoms with Crippen molar-refractivity contribution >= 4 is 10.0 Å². The molecule has 116 valence electrons. The van der Waals surface area contributed by atoms with Gasteiger partial charge in [-0.2, -0.15) is 4.31 Å². The normalized spacial score (nSPS) is 27.3. The third kappa shape index (κ3) is 2.74. The number of rotatable bonds is 2. The van der Waals surface area contributed by atoms with Crippen LogP contribution in [0.15, 0.2) is 23.1 Å². The molecule has 0 aromatic heterocycles. The average Bonchev–Trinajstić information content (AvgIpc) is 2.46. The smallest absolute Gasteiger partial charge is 0.243 e. The van der Waals surface area contributed by atoms with Crippen LogP contribution in [0.25, 0.3) is 0 Å². The number of sulfonamides is 1. The number of benzene rings is 1. The standard InChI is InChI=1S/C16H24N2O2S/c1-12-10-17-11-13(2)18(12)21(19,20)16-8-7-14-5-3-4-6-15(14)9-16/h7-9,12-13,17H,3-6,10-11H2,1-2H3. The fourth-order valence-corrected chi connectivity index (χ4v) is 5.45. The Balaban J connectivity index is 1.97. The molecular weight excluding hydrogens is 284 g/mol. The lowest BCUT2D eigenvalue weighted by molar-refractivity contribution is 0.220. The van der Waals surface area contributed by atoms with Crippen LogP contribution in [0.5, 0.6) is 0 Å². The number of piperazine rings is 1. The van der Waals surface area contributed by atoms with Crippen molar-refractivity contribution in [1.29, 1.82) is 0 Å². The number of aryl methyl sites for hydroxylation is 2. The quantitative estimate of drug-likeness (QED) is 0.908. The largest absolute Gasteiger partial charge is 0.314 e. The van der Waals surface area contributed by atoms with E-state index in [-0.39, 0.29) is 12.1 Å². The molecule has 0 radical (unpaired) electrons. The number of nitrogens with one attached hydrogen (secondary N) is 1.